The molecule has 1 unspecified atom stereocenters. The van der Waals surface area contributed by atoms with Crippen LogP contribution in [-0.2, 0) is 10.2 Å². The third-order valence-electron chi connectivity index (χ3n) is 6.50. The summed E-state index contributed by atoms with van der Waals surface area (Å²) in [7, 11) is 1.86. The van der Waals surface area contributed by atoms with E-state index in [1.165, 1.54) is 12.1 Å². The molecule has 7 nitrogen and oxygen atoms in total. The van der Waals surface area contributed by atoms with Crippen LogP contribution in [0.2, 0.25) is 0 Å². The van der Waals surface area contributed by atoms with Crippen molar-refractivity contribution in [2.75, 3.05) is 18.6 Å². The van der Waals surface area contributed by atoms with Gasteiger partial charge in [0.1, 0.15) is 16.9 Å². The van der Waals surface area contributed by atoms with Crippen LogP contribution in [0.5, 0.6) is 5.75 Å². The number of nitrogens with zero attached hydrogens (tertiary/aromatic N) is 2. The summed E-state index contributed by atoms with van der Waals surface area (Å²) in [6.07, 6.45) is 3.32. The number of phenolic OH excluding ortho intramolecular Hbond substituents is 1. The lowest BCUT2D eigenvalue weighted by atomic mass is 9.70. The normalized spacial score (nSPS) is 18.9. The van der Waals surface area contributed by atoms with Crippen molar-refractivity contribution in [1.29, 1.82) is 5.26 Å². The molecule has 0 spiro atoms. The number of esters is 1. The number of ether oxygens (including phenoxy) is 1. The molecule has 2 aromatic carbocycles. The van der Waals surface area contributed by atoms with Crippen LogP contribution in [0.25, 0.3) is 17.0 Å². The second-order valence-corrected chi connectivity index (χ2v) is 8.50. The van der Waals surface area contributed by atoms with Crippen LogP contribution in [0.4, 0.5) is 5.69 Å². The smallest absolute Gasteiger partial charge is 0.351 e. The van der Waals surface area contributed by atoms with E-state index in [1.807, 2.05) is 50.1 Å². The molecule has 0 saturated carbocycles. The summed E-state index contributed by atoms with van der Waals surface area (Å²) >= 11 is 0. The predicted octanol–water partition coefficient (Wildman–Crippen LogP) is 4.38. The number of hydrogen-bond acceptors (Lipinski definition) is 7. The molecule has 0 amide bonds. The van der Waals surface area contributed by atoms with Gasteiger partial charge in [0.2, 0.25) is 0 Å². The first-order chi connectivity index (χ1) is 15.7. The maximum atomic E-state index is 12.5. The maximum Gasteiger partial charge on any atom is 0.351 e. The number of benzene rings is 2. The number of hydrogen-bond donors (Lipinski definition) is 1. The van der Waals surface area contributed by atoms with E-state index in [4.69, 9.17) is 9.15 Å². The van der Waals surface area contributed by atoms with Gasteiger partial charge in [-0.25, -0.2) is 9.59 Å². The number of aromatic hydroxyl groups is 1. The van der Waals surface area contributed by atoms with Crippen LogP contribution >= 0.6 is 0 Å². The SMILES string of the molecule is CCOC(=O)c1cc2ccc(O)c(/C=C/C3(C#N)N(C)c4ccccc4C3(C)C)c2oc1=O. The molecule has 0 saturated heterocycles. The molecule has 1 aliphatic heterocycles. The summed E-state index contributed by atoms with van der Waals surface area (Å²) in [6, 6.07) is 14.7. The van der Waals surface area contributed by atoms with Crippen molar-refractivity contribution in [2.45, 2.75) is 31.7 Å². The van der Waals surface area contributed by atoms with Crippen LogP contribution in [0.1, 0.15) is 42.3 Å². The summed E-state index contributed by atoms with van der Waals surface area (Å²) in [5.74, 6) is -0.885. The number of para-hydroxylation sites is 1. The third kappa shape index (κ3) is 3.18. The highest BCUT2D eigenvalue weighted by Gasteiger charge is 2.54. The van der Waals surface area contributed by atoms with Crippen LogP contribution in [-0.4, -0.2) is 30.3 Å². The van der Waals surface area contributed by atoms with E-state index in [-0.39, 0.29) is 29.1 Å². The number of anilines is 1. The molecule has 1 aliphatic rings. The monoisotopic (exact) mass is 444 g/mol. The van der Waals surface area contributed by atoms with E-state index in [1.54, 1.807) is 25.1 Å². The molecule has 3 aromatic rings. The molecule has 4 rings (SSSR count). The van der Waals surface area contributed by atoms with Gasteiger partial charge in [-0.2, -0.15) is 5.26 Å². The predicted molar refractivity (Wildman–Crippen MR) is 125 cm³/mol. The lowest BCUT2D eigenvalue weighted by molar-refractivity contribution is 0.0522. The zero-order valence-electron chi connectivity index (χ0n) is 18.9. The maximum absolute atomic E-state index is 12.5. The van der Waals surface area contributed by atoms with E-state index >= 15 is 0 Å². The van der Waals surface area contributed by atoms with Gasteiger partial charge >= 0.3 is 11.6 Å². The van der Waals surface area contributed by atoms with E-state index in [2.05, 4.69) is 6.07 Å². The van der Waals surface area contributed by atoms with Gasteiger partial charge in [-0.1, -0.05) is 32.0 Å². The van der Waals surface area contributed by atoms with Gasteiger partial charge in [0.25, 0.3) is 0 Å². The minimum atomic E-state index is -1.06. The average molecular weight is 444 g/mol. The summed E-state index contributed by atoms with van der Waals surface area (Å²) in [5, 5.41) is 21.3. The van der Waals surface area contributed by atoms with Gasteiger partial charge in [0.05, 0.1) is 18.2 Å². The van der Waals surface area contributed by atoms with Crippen molar-refractivity contribution in [3.05, 3.63) is 75.7 Å². The molecule has 0 aliphatic carbocycles. The topological polar surface area (TPSA) is 104 Å². The van der Waals surface area contributed by atoms with Gasteiger partial charge in [-0.3, -0.25) is 0 Å². The number of likely N-dealkylation sites (N-methyl/N-ethyl adjacent to an activating group) is 1. The lowest BCUT2D eigenvalue weighted by Crippen LogP contribution is -2.51. The molecular weight excluding hydrogens is 420 g/mol. The summed E-state index contributed by atoms with van der Waals surface area (Å²) in [4.78, 5) is 26.4. The van der Waals surface area contributed by atoms with E-state index in [9.17, 15) is 20.0 Å². The van der Waals surface area contributed by atoms with Crippen molar-refractivity contribution >= 4 is 28.7 Å². The Hall–Kier alpha value is -4.05. The first kappa shape index (κ1) is 22.2. The van der Waals surface area contributed by atoms with Gasteiger partial charge in [-0.15, -0.1) is 0 Å². The Bertz CT molecular complexity index is 1400. The fourth-order valence-corrected chi connectivity index (χ4v) is 4.59. The Kier molecular flexibility index (Phi) is 5.25. The number of nitriles is 1. The zero-order valence-corrected chi connectivity index (χ0v) is 18.9. The highest BCUT2D eigenvalue weighted by atomic mass is 16.5. The minimum absolute atomic E-state index is 0.116. The fourth-order valence-electron chi connectivity index (χ4n) is 4.59. The first-order valence-electron chi connectivity index (χ1n) is 10.6. The number of carbonyl (C=O) groups is 1. The number of rotatable bonds is 4. The second kappa shape index (κ2) is 7.82. The van der Waals surface area contributed by atoms with Gasteiger partial charge < -0.3 is 19.2 Å². The van der Waals surface area contributed by atoms with Gasteiger partial charge in [-0.05, 0) is 48.9 Å². The molecule has 0 fully saturated rings. The highest BCUT2D eigenvalue weighted by molar-refractivity contribution is 5.95. The Balaban J connectivity index is 1.87. The minimum Gasteiger partial charge on any atom is -0.507 e. The Morgan fingerprint density at radius 1 is 1.27 bits per heavy atom. The highest BCUT2D eigenvalue weighted by Crippen LogP contribution is 2.51. The summed E-state index contributed by atoms with van der Waals surface area (Å²) in [6.45, 7) is 5.77. The largest absolute Gasteiger partial charge is 0.507 e. The zero-order chi connectivity index (χ0) is 24.0. The molecule has 2 heterocycles. The van der Waals surface area contributed by atoms with Crippen LogP contribution in [0, 0.1) is 11.3 Å². The van der Waals surface area contributed by atoms with Crippen molar-refractivity contribution in [3.63, 3.8) is 0 Å². The standard InChI is InChI=1S/C26H24N2O5/c1-5-32-23(30)18-14-16-10-11-21(29)17(22(16)33-24(18)31)12-13-26(15-27)25(2,3)19-8-6-7-9-20(19)28(26)4/h6-14,29H,5H2,1-4H3/b13-12+. The van der Waals surface area contributed by atoms with Crippen molar-refractivity contribution in [1.82, 2.24) is 0 Å². The third-order valence-corrected chi connectivity index (χ3v) is 6.50. The Morgan fingerprint density at radius 3 is 2.67 bits per heavy atom. The van der Waals surface area contributed by atoms with Crippen LogP contribution < -0.4 is 10.5 Å². The molecule has 0 bridgehead atoms. The van der Waals surface area contributed by atoms with Crippen LogP contribution in [0.3, 0.4) is 0 Å². The number of fused-ring (bicyclic) bond motifs is 2. The van der Waals surface area contributed by atoms with Crippen molar-refractivity contribution in [2.24, 2.45) is 0 Å². The molecular formula is C26H24N2O5. The molecule has 1 N–H and O–H groups in total. The first-order valence-corrected chi connectivity index (χ1v) is 10.6. The number of phenols is 1. The average Bonchev–Trinajstić information content (AvgIpc) is 2.96. The van der Waals surface area contributed by atoms with Crippen molar-refractivity contribution in [3.8, 4) is 11.8 Å². The van der Waals surface area contributed by atoms with Crippen LogP contribution in [0.15, 0.2) is 57.8 Å². The molecule has 168 valence electrons. The van der Waals surface area contributed by atoms with E-state index in [0.717, 1.165) is 11.3 Å². The van der Waals surface area contributed by atoms with Gasteiger partial charge in [0.15, 0.2) is 5.54 Å². The second-order valence-electron chi connectivity index (χ2n) is 8.50. The quantitative estimate of drug-likeness (QED) is 0.470. The molecule has 0 radical (unpaired) electrons. The lowest BCUT2D eigenvalue weighted by Gasteiger charge is -2.38. The molecule has 7 heteroatoms. The Labute approximate surface area is 191 Å². The summed E-state index contributed by atoms with van der Waals surface area (Å²) in [5.41, 5.74) is -0.360. The summed E-state index contributed by atoms with van der Waals surface area (Å²) < 4.78 is 10.3. The fraction of sp³-hybridized carbons (Fsp3) is 0.269. The molecule has 33 heavy (non-hydrogen) atoms. The van der Waals surface area contributed by atoms with Crippen molar-refractivity contribution < 1.29 is 19.1 Å². The van der Waals surface area contributed by atoms with E-state index in [0.29, 0.717) is 5.39 Å². The molecule has 1 atom stereocenters. The van der Waals surface area contributed by atoms with E-state index < -0.39 is 22.5 Å². The Morgan fingerprint density at radius 2 is 2.00 bits per heavy atom. The van der Waals surface area contributed by atoms with Gasteiger partial charge in [0, 0.05) is 23.5 Å². The molecule has 1 aromatic heterocycles. The number of carbonyl (C=O) groups excluding carboxylic acids is 1.